The number of rotatable bonds is 5. The second-order valence-electron chi connectivity index (χ2n) is 4.69. The van der Waals surface area contributed by atoms with Crippen LogP contribution in [0, 0.1) is 0 Å². The molecule has 0 fully saturated rings. The Morgan fingerprint density at radius 1 is 1.30 bits per heavy atom. The Kier molecular flexibility index (Phi) is 5.55. The number of amides is 1. The van der Waals surface area contributed by atoms with Crippen LogP contribution in [-0.2, 0) is 14.8 Å². The van der Waals surface area contributed by atoms with Crippen molar-refractivity contribution in [2.45, 2.75) is 37.8 Å². The maximum absolute atomic E-state index is 12.1. The first-order valence-corrected chi connectivity index (χ1v) is 8.29. The molecule has 1 unspecified atom stereocenters. The van der Waals surface area contributed by atoms with Gasteiger partial charge in [0.2, 0.25) is 15.9 Å². The molecule has 0 spiro atoms. The number of carbonyl (C=O) groups is 1. The summed E-state index contributed by atoms with van der Waals surface area (Å²) in [7, 11) is -3.79. The second kappa shape index (κ2) is 6.55. The van der Waals surface area contributed by atoms with E-state index in [0.29, 0.717) is 10.2 Å². The van der Waals surface area contributed by atoms with Crippen LogP contribution in [-0.4, -0.2) is 26.4 Å². The molecule has 0 bridgehead atoms. The van der Waals surface area contributed by atoms with Gasteiger partial charge >= 0.3 is 0 Å². The van der Waals surface area contributed by atoms with Crippen LogP contribution in [0.5, 0.6) is 0 Å². The quantitative estimate of drug-likeness (QED) is 0.684. The van der Waals surface area contributed by atoms with Crippen LogP contribution in [0.1, 0.15) is 20.8 Å². The second-order valence-corrected chi connectivity index (χ2v) is 7.26. The fourth-order valence-corrected chi connectivity index (χ4v) is 2.94. The predicted molar refractivity (Wildman–Crippen MR) is 81.6 cm³/mol. The van der Waals surface area contributed by atoms with Crippen LogP contribution >= 0.6 is 15.9 Å². The predicted octanol–water partition coefficient (Wildman–Crippen LogP) is 1.22. The van der Waals surface area contributed by atoms with E-state index in [1.807, 2.05) is 0 Å². The lowest BCUT2D eigenvalue weighted by Crippen LogP contribution is -2.46. The highest BCUT2D eigenvalue weighted by Gasteiger charge is 2.22. The molecule has 0 saturated carbocycles. The minimum atomic E-state index is -3.79. The van der Waals surface area contributed by atoms with Crippen LogP contribution < -0.4 is 15.8 Å². The number of hydrogen-bond acceptors (Lipinski definition) is 4. The number of carbonyl (C=O) groups excluding carboxylic acids is 1. The third kappa shape index (κ3) is 4.46. The summed E-state index contributed by atoms with van der Waals surface area (Å²) in [5.74, 6) is -0.381. The van der Waals surface area contributed by atoms with Crippen molar-refractivity contribution in [2.24, 2.45) is 0 Å². The Morgan fingerprint density at radius 3 is 2.40 bits per heavy atom. The highest BCUT2D eigenvalue weighted by atomic mass is 79.9. The summed E-state index contributed by atoms with van der Waals surface area (Å²) < 4.78 is 27.2. The summed E-state index contributed by atoms with van der Waals surface area (Å²) in [6.07, 6.45) is 0. The normalized spacial score (nSPS) is 13.2. The molecule has 1 atom stereocenters. The third-order valence-corrected chi connectivity index (χ3v) is 4.69. The van der Waals surface area contributed by atoms with Crippen molar-refractivity contribution >= 4 is 37.5 Å². The molecule has 1 amide bonds. The fourth-order valence-electron chi connectivity index (χ4n) is 1.45. The standard InChI is InChI=1S/C12H18BrN3O3S/c1-7(2)15-12(17)8(3)16-20(18,19)9-4-5-10(13)11(14)6-9/h4-8,16H,14H2,1-3H3,(H,15,17). The number of nitrogen functional groups attached to an aromatic ring is 1. The molecule has 1 aromatic rings. The van der Waals surface area contributed by atoms with Crippen LogP contribution in [0.15, 0.2) is 27.6 Å². The van der Waals surface area contributed by atoms with Gasteiger partial charge in [-0.25, -0.2) is 8.42 Å². The van der Waals surface area contributed by atoms with Gasteiger partial charge in [0.15, 0.2) is 0 Å². The summed E-state index contributed by atoms with van der Waals surface area (Å²) in [5.41, 5.74) is 5.97. The third-order valence-electron chi connectivity index (χ3n) is 2.43. The smallest absolute Gasteiger partial charge is 0.241 e. The Hall–Kier alpha value is -1.12. The number of hydrogen-bond donors (Lipinski definition) is 3. The molecule has 8 heteroatoms. The van der Waals surface area contributed by atoms with Gasteiger partial charge in [-0.3, -0.25) is 4.79 Å². The Balaban J connectivity index is 2.89. The van der Waals surface area contributed by atoms with Crippen molar-refractivity contribution in [1.82, 2.24) is 10.0 Å². The van der Waals surface area contributed by atoms with Crippen molar-refractivity contribution in [1.29, 1.82) is 0 Å². The Morgan fingerprint density at radius 2 is 1.90 bits per heavy atom. The average molecular weight is 364 g/mol. The van der Waals surface area contributed by atoms with Gasteiger partial charge in [-0.1, -0.05) is 0 Å². The summed E-state index contributed by atoms with van der Waals surface area (Å²) >= 11 is 3.19. The van der Waals surface area contributed by atoms with Crippen molar-refractivity contribution < 1.29 is 13.2 Å². The minimum absolute atomic E-state index is 0.0161. The lowest BCUT2D eigenvalue weighted by Gasteiger charge is -2.16. The van der Waals surface area contributed by atoms with Gasteiger partial charge in [-0.2, -0.15) is 4.72 Å². The number of nitrogens with two attached hydrogens (primary N) is 1. The number of halogens is 1. The highest BCUT2D eigenvalue weighted by Crippen LogP contribution is 2.22. The van der Waals surface area contributed by atoms with E-state index >= 15 is 0 Å². The zero-order chi connectivity index (χ0) is 15.5. The van der Waals surface area contributed by atoms with Gasteiger partial charge < -0.3 is 11.1 Å². The SMILES string of the molecule is CC(C)NC(=O)C(C)NS(=O)(=O)c1ccc(Br)c(N)c1. The van der Waals surface area contributed by atoms with Gasteiger partial charge in [-0.15, -0.1) is 0 Å². The number of anilines is 1. The molecular formula is C12H18BrN3O3S. The first-order chi connectivity index (χ1) is 9.13. The number of benzene rings is 1. The first-order valence-electron chi connectivity index (χ1n) is 6.01. The summed E-state index contributed by atoms with van der Waals surface area (Å²) in [5, 5.41) is 2.64. The van der Waals surface area contributed by atoms with E-state index in [4.69, 9.17) is 5.73 Å². The fraction of sp³-hybridized carbons (Fsp3) is 0.417. The number of nitrogens with one attached hydrogen (secondary N) is 2. The monoisotopic (exact) mass is 363 g/mol. The van der Waals surface area contributed by atoms with E-state index in [2.05, 4.69) is 26.0 Å². The van der Waals surface area contributed by atoms with Crippen molar-refractivity contribution in [3.8, 4) is 0 Å². The number of sulfonamides is 1. The maximum atomic E-state index is 12.1. The molecule has 112 valence electrons. The van der Waals surface area contributed by atoms with Crippen LogP contribution in [0.4, 0.5) is 5.69 Å². The topological polar surface area (TPSA) is 101 Å². The molecule has 0 saturated heterocycles. The molecule has 4 N–H and O–H groups in total. The van der Waals surface area contributed by atoms with Crippen molar-refractivity contribution in [2.75, 3.05) is 5.73 Å². The molecule has 0 aliphatic rings. The van der Waals surface area contributed by atoms with Gasteiger partial charge in [0.05, 0.1) is 10.9 Å². The van der Waals surface area contributed by atoms with E-state index < -0.39 is 16.1 Å². The van der Waals surface area contributed by atoms with Gasteiger partial charge in [0.1, 0.15) is 0 Å². The molecule has 0 heterocycles. The van der Waals surface area contributed by atoms with E-state index in [0.717, 1.165) is 0 Å². The minimum Gasteiger partial charge on any atom is -0.398 e. The van der Waals surface area contributed by atoms with Gasteiger partial charge in [-0.05, 0) is 54.9 Å². The highest BCUT2D eigenvalue weighted by molar-refractivity contribution is 9.10. The Labute approximate surface area is 127 Å². The van der Waals surface area contributed by atoms with Crippen LogP contribution in [0.25, 0.3) is 0 Å². The molecule has 1 rings (SSSR count). The summed E-state index contributed by atoms with van der Waals surface area (Å²) in [6, 6.07) is 3.36. The molecule has 0 aliphatic heterocycles. The zero-order valence-corrected chi connectivity index (χ0v) is 13.9. The first kappa shape index (κ1) is 16.9. The van der Waals surface area contributed by atoms with Gasteiger partial charge in [0, 0.05) is 16.2 Å². The van der Waals surface area contributed by atoms with Crippen LogP contribution in [0.2, 0.25) is 0 Å². The molecule has 1 aromatic carbocycles. The maximum Gasteiger partial charge on any atom is 0.241 e. The molecule has 0 aromatic heterocycles. The van der Waals surface area contributed by atoms with Crippen molar-refractivity contribution in [3.05, 3.63) is 22.7 Å². The largest absolute Gasteiger partial charge is 0.398 e. The van der Waals surface area contributed by atoms with E-state index in [1.54, 1.807) is 19.9 Å². The summed E-state index contributed by atoms with van der Waals surface area (Å²) in [4.78, 5) is 11.7. The van der Waals surface area contributed by atoms with E-state index in [1.165, 1.54) is 19.1 Å². The lowest BCUT2D eigenvalue weighted by atomic mass is 10.3. The molecule has 6 nitrogen and oxygen atoms in total. The van der Waals surface area contributed by atoms with Crippen molar-refractivity contribution in [3.63, 3.8) is 0 Å². The van der Waals surface area contributed by atoms with E-state index in [-0.39, 0.29) is 16.8 Å². The van der Waals surface area contributed by atoms with E-state index in [9.17, 15) is 13.2 Å². The van der Waals surface area contributed by atoms with Gasteiger partial charge in [0.25, 0.3) is 0 Å². The summed E-state index contributed by atoms with van der Waals surface area (Å²) in [6.45, 7) is 5.08. The Bertz CT molecular complexity index is 602. The molecule has 0 radical (unpaired) electrons. The lowest BCUT2D eigenvalue weighted by molar-refractivity contribution is -0.122. The zero-order valence-electron chi connectivity index (χ0n) is 11.5. The van der Waals surface area contributed by atoms with Crippen LogP contribution in [0.3, 0.4) is 0 Å². The molecule has 20 heavy (non-hydrogen) atoms. The average Bonchev–Trinajstić information content (AvgIpc) is 2.31. The molecular weight excluding hydrogens is 346 g/mol. The molecule has 0 aliphatic carbocycles.